The van der Waals surface area contributed by atoms with Crippen LogP contribution in [-0.2, 0) is 4.79 Å². The molecule has 5 heteroatoms. The topological polar surface area (TPSA) is 58.2 Å². The highest BCUT2D eigenvalue weighted by molar-refractivity contribution is 6.31. The number of hydrogen-bond acceptors (Lipinski definition) is 2. The number of rotatable bonds is 2. The van der Waals surface area contributed by atoms with Crippen molar-refractivity contribution in [1.82, 2.24) is 10.6 Å². The van der Waals surface area contributed by atoms with Crippen molar-refractivity contribution >= 4 is 23.5 Å². The molecule has 0 radical (unpaired) electrons. The molecule has 0 aromatic rings. The van der Waals surface area contributed by atoms with Crippen molar-refractivity contribution in [3.05, 3.63) is 0 Å². The average Bonchev–Trinajstić information content (AvgIpc) is 2.14. The van der Waals surface area contributed by atoms with Crippen molar-refractivity contribution < 1.29 is 9.59 Å². The van der Waals surface area contributed by atoms with E-state index in [1.807, 2.05) is 0 Å². The summed E-state index contributed by atoms with van der Waals surface area (Å²) in [5.41, 5.74) is 0. The Bertz CT molecular complexity index is 284. The van der Waals surface area contributed by atoms with Gasteiger partial charge in [0, 0.05) is 6.04 Å². The Labute approximate surface area is 107 Å². The van der Waals surface area contributed by atoms with Crippen molar-refractivity contribution in [1.29, 1.82) is 0 Å². The van der Waals surface area contributed by atoms with E-state index in [4.69, 9.17) is 11.6 Å². The lowest BCUT2D eigenvalue weighted by atomic mass is 9.80. The van der Waals surface area contributed by atoms with Gasteiger partial charge in [0.1, 0.15) is 5.38 Å². The van der Waals surface area contributed by atoms with Crippen molar-refractivity contribution in [3.63, 3.8) is 0 Å². The highest BCUT2D eigenvalue weighted by Gasteiger charge is 2.25. The first kappa shape index (κ1) is 14.3. The molecule has 0 heterocycles. The fraction of sp³-hybridized carbons (Fsp3) is 0.833. The smallest absolute Gasteiger partial charge is 0.321 e. The van der Waals surface area contributed by atoms with Crippen molar-refractivity contribution in [2.24, 2.45) is 11.8 Å². The van der Waals surface area contributed by atoms with E-state index < -0.39 is 17.3 Å². The van der Waals surface area contributed by atoms with Gasteiger partial charge in [0.05, 0.1) is 0 Å². The maximum absolute atomic E-state index is 11.5. The molecule has 0 aromatic carbocycles. The number of nitrogens with one attached hydrogen (secondary N) is 2. The maximum atomic E-state index is 11.5. The summed E-state index contributed by atoms with van der Waals surface area (Å²) in [4.78, 5) is 22.8. The molecule has 1 saturated carbocycles. The molecule has 1 aliphatic rings. The van der Waals surface area contributed by atoms with Gasteiger partial charge in [-0.05, 0) is 38.0 Å². The van der Waals surface area contributed by atoms with E-state index in [0.29, 0.717) is 11.8 Å². The van der Waals surface area contributed by atoms with Crippen LogP contribution in [0.5, 0.6) is 0 Å². The summed E-state index contributed by atoms with van der Waals surface area (Å²) in [6.07, 6.45) is 3.15. The molecule has 3 amide bonds. The van der Waals surface area contributed by atoms with Gasteiger partial charge in [0.25, 0.3) is 0 Å². The second-order valence-electron chi connectivity index (χ2n) is 5.19. The maximum Gasteiger partial charge on any atom is 0.321 e. The monoisotopic (exact) mass is 260 g/mol. The molecular formula is C12H21ClN2O2. The zero-order valence-electron chi connectivity index (χ0n) is 10.6. The van der Waals surface area contributed by atoms with Crippen molar-refractivity contribution in [2.75, 3.05) is 0 Å². The second kappa shape index (κ2) is 6.24. The van der Waals surface area contributed by atoms with Crippen LogP contribution in [0.1, 0.15) is 40.0 Å². The van der Waals surface area contributed by atoms with Crippen LogP contribution >= 0.6 is 11.6 Å². The summed E-state index contributed by atoms with van der Waals surface area (Å²) in [5, 5.41) is 4.38. The summed E-state index contributed by atoms with van der Waals surface area (Å²) in [5.74, 6) is 0.777. The first-order valence-electron chi connectivity index (χ1n) is 6.14. The van der Waals surface area contributed by atoms with Crippen LogP contribution in [-0.4, -0.2) is 23.4 Å². The molecule has 17 heavy (non-hydrogen) atoms. The Morgan fingerprint density at radius 1 is 1.18 bits per heavy atom. The first-order valence-corrected chi connectivity index (χ1v) is 6.57. The molecule has 0 saturated heterocycles. The second-order valence-corrected chi connectivity index (χ2v) is 5.85. The van der Waals surface area contributed by atoms with Crippen molar-refractivity contribution in [3.8, 4) is 0 Å². The molecule has 3 unspecified atom stereocenters. The lowest BCUT2D eigenvalue weighted by Crippen LogP contribution is -2.48. The van der Waals surface area contributed by atoms with Gasteiger partial charge in [0.2, 0.25) is 5.91 Å². The molecular weight excluding hydrogens is 240 g/mol. The van der Waals surface area contributed by atoms with Crippen LogP contribution in [0.4, 0.5) is 4.79 Å². The van der Waals surface area contributed by atoms with E-state index in [2.05, 4.69) is 24.5 Å². The normalized spacial score (nSPS) is 30.5. The van der Waals surface area contributed by atoms with Gasteiger partial charge >= 0.3 is 6.03 Å². The average molecular weight is 261 g/mol. The van der Waals surface area contributed by atoms with Crippen LogP contribution < -0.4 is 10.6 Å². The van der Waals surface area contributed by atoms with E-state index in [1.54, 1.807) is 0 Å². The van der Waals surface area contributed by atoms with Gasteiger partial charge in [-0.15, -0.1) is 11.6 Å². The number of amides is 3. The minimum absolute atomic E-state index is 0.159. The Hall–Kier alpha value is -0.770. The summed E-state index contributed by atoms with van der Waals surface area (Å²) in [7, 11) is 0. The molecule has 1 rings (SSSR count). The predicted molar refractivity (Wildman–Crippen MR) is 68.0 cm³/mol. The van der Waals surface area contributed by atoms with E-state index in [-0.39, 0.29) is 6.04 Å². The molecule has 4 nitrogen and oxygen atoms in total. The van der Waals surface area contributed by atoms with Gasteiger partial charge < -0.3 is 5.32 Å². The number of alkyl halides is 1. The highest BCUT2D eigenvalue weighted by atomic mass is 35.5. The third kappa shape index (κ3) is 4.94. The van der Waals surface area contributed by atoms with E-state index in [0.717, 1.165) is 12.8 Å². The van der Waals surface area contributed by atoms with E-state index in [1.165, 1.54) is 13.3 Å². The Morgan fingerprint density at radius 3 is 2.18 bits per heavy atom. The summed E-state index contributed by atoms with van der Waals surface area (Å²) in [6, 6.07) is -0.277. The number of urea groups is 1. The van der Waals surface area contributed by atoms with Gasteiger partial charge in [-0.3, -0.25) is 10.1 Å². The number of carbonyl (C=O) groups excluding carboxylic acids is 2. The van der Waals surface area contributed by atoms with Crippen LogP contribution in [0.15, 0.2) is 0 Å². The quantitative estimate of drug-likeness (QED) is 0.749. The number of halogens is 1. The fourth-order valence-electron chi connectivity index (χ4n) is 2.50. The zero-order chi connectivity index (χ0) is 13.0. The molecule has 0 spiro atoms. The largest absolute Gasteiger partial charge is 0.335 e. The van der Waals surface area contributed by atoms with Crippen LogP contribution in [0.2, 0.25) is 0 Å². The molecule has 0 aliphatic heterocycles. The molecule has 2 N–H and O–H groups in total. The molecule has 3 atom stereocenters. The summed E-state index contributed by atoms with van der Waals surface area (Å²) < 4.78 is 0. The SMILES string of the molecule is CC1CC(C)CC(NC(=O)NC(=O)C(C)Cl)C1. The molecule has 1 fully saturated rings. The number of hydrogen-bond donors (Lipinski definition) is 2. The molecule has 98 valence electrons. The Balaban J connectivity index is 2.38. The Morgan fingerprint density at radius 2 is 1.71 bits per heavy atom. The zero-order valence-corrected chi connectivity index (χ0v) is 11.4. The van der Waals surface area contributed by atoms with Crippen LogP contribution in [0.3, 0.4) is 0 Å². The lowest BCUT2D eigenvalue weighted by Gasteiger charge is -2.31. The van der Waals surface area contributed by atoms with E-state index >= 15 is 0 Å². The lowest BCUT2D eigenvalue weighted by molar-refractivity contribution is -0.119. The third-order valence-corrected chi connectivity index (χ3v) is 3.31. The summed E-state index contributed by atoms with van der Waals surface area (Å²) in [6.45, 7) is 5.91. The Kier molecular flexibility index (Phi) is 5.25. The number of carbonyl (C=O) groups is 2. The predicted octanol–water partition coefficient (Wildman–Crippen LogP) is 2.26. The minimum Gasteiger partial charge on any atom is -0.335 e. The molecule has 1 aliphatic carbocycles. The van der Waals surface area contributed by atoms with Gasteiger partial charge in [-0.25, -0.2) is 4.79 Å². The fourth-order valence-corrected chi connectivity index (χ4v) is 2.55. The standard InChI is InChI=1S/C12H21ClN2O2/c1-7-4-8(2)6-10(5-7)14-12(17)15-11(16)9(3)13/h7-10H,4-6H2,1-3H3,(H2,14,15,16,17). The van der Waals surface area contributed by atoms with Gasteiger partial charge in [0.15, 0.2) is 0 Å². The number of imide groups is 1. The minimum atomic E-state index is -0.690. The van der Waals surface area contributed by atoms with Crippen molar-refractivity contribution in [2.45, 2.75) is 51.5 Å². The molecule has 0 bridgehead atoms. The van der Waals surface area contributed by atoms with Gasteiger partial charge in [-0.1, -0.05) is 13.8 Å². The molecule has 0 aromatic heterocycles. The first-order chi connectivity index (χ1) is 7.88. The summed E-state index contributed by atoms with van der Waals surface area (Å²) >= 11 is 5.57. The highest BCUT2D eigenvalue weighted by Crippen LogP contribution is 2.28. The van der Waals surface area contributed by atoms with Gasteiger partial charge in [-0.2, -0.15) is 0 Å². The third-order valence-electron chi connectivity index (χ3n) is 3.11. The van der Waals surface area contributed by atoms with Crippen LogP contribution in [0.25, 0.3) is 0 Å². The van der Waals surface area contributed by atoms with E-state index in [9.17, 15) is 9.59 Å². The van der Waals surface area contributed by atoms with Crippen LogP contribution in [0, 0.1) is 11.8 Å².